The lowest BCUT2D eigenvalue weighted by molar-refractivity contribution is -0.127. The molecule has 1 aliphatic heterocycles. The van der Waals surface area contributed by atoms with E-state index in [1.807, 2.05) is 30.3 Å². The molecule has 162 valence electrons. The first kappa shape index (κ1) is 22.4. The Morgan fingerprint density at radius 2 is 1.80 bits per heavy atom. The van der Waals surface area contributed by atoms with Crippen LogP contribution in [0.5, 0.6) is 0 Å². The average Bonchev–Trinajstić information content (AvgIpc) is 2.74. The number of nitrogens with one attached hydrogen (secondary N) is 1. The molecular formula is C23H29FN2O3S. The number of piperidine rings is 1. The summed E-state index contributed by atoms with van der Waals surface area (Å²) >= 11 is 0. The number of carbonyl (C=O) groups excluding carboxylic acids is 1. The van der Waals surface area contributed by atoms with E-state index in [9.17, 15) is 17.6 Å². The Bertz CT molecular complexity index is 946. The van der Waals surface area contributed by atoms with Crippen molar-refractivity contribution >= 4 is 15.9 Å². The number of halogens is 1. The fraction of sp³-hybridized carbons (Fsp3) is 0.435. The third-order valence-electron chi connectivity index (χ3n) is 5.43. The fourth-order valence-electron chi connectivity index (χ4n) is 3.86. The zero-order valence-electron chi connectivity index (χ0n) is 17.4. The molecule has 1 N–H and O–H groups in total. The smallest absolute Gasteiger partial charge is 0.243 e. The molecule has 7 heteroatoms. The predicted molar refractivity (Wildman–Crippen MR) is 115 cm³/mol. The first-order valence-electron chi connectivity index (χ1n) is 10.4. The third kappa shape index (κ3) is 5.46. The van der Waals surface area contributed by atoms with E-state index in [0.29, 0.717) is 25.3 Å². The Kier molecular flexibility index (Phi) is 7.26. The number of nitrogens with zero attached hydrogens (tertiary/aromatic N) is 1. The molecule has 1 amide bonds. The van der Waals surface area contributed by atoms with Crippen molar-refractivity contribution in [3.05, 3.63) is 66.0 Å². The predicted octanol–water partition coefficient (Wildman–Crippen LogP) is 4.13. The number of carbonyl (C=O) groups is 1. The Morgan fingerprint density at radius 3 is 2.43 bits per heavy atom. The highest BCUT2D eigenvalue weighted by molar-refractivity contribution is 7.89. The standard InChI is InChI=1S/C23H29FN2O3S/c1-17(2)15-22(18-7-4-3-5-8-18)25-23(27)19-9-6-14-26(16-19)30(28,29)21-12-10-20(24)11-13-21/h3-5,7-8,10-13,17,19,22H,6,9,14-16H2,1-2H3,(H,25,27)/t19-,22+/m1/s1. The largest absolute Gasteiger partial charge is 0.349 e. The van der Waals surface area contributed by atoms with Gasteiger partial charge in [0.25, 0.3) is 0 Å². The summed E-state index contributed by atoms with van der Waals surface area (Å²) < 4.78 is 40.4. The van der Waals surface area contributed by atoms with Crippen molar-refractivity contribution in [2.24, 2.45) is 11.8 Å². The van der Waals surface area contributed by atoms with E-state index in [2.05, 4.69) is 19.2 Å². The topological polar surface area (TPSA) is 66.5 Å². The van der Waals surface area contributed by atoms with E-state index in [1.165, 1.54) is 16.4 Å². The number of sulfonamides is 1. The van der Waals surface area contributed by atoms with Gasteiger partial charge in [-0.25, -0.2) is 12.8 Å². The molecule has 1 saturated heterocycles. The van der Waals surface area contributed by atoms with E-state index >= 15 is 0 Å². The average molecular weight is 433 g/mol. The Morgan fingerprint density at radius 1 is 1.13 bits per heavy atom. The van der Waals surface area contributed by atoms with Crippen LogP contribution in [-0.4, -0.2) is 31.7 Å². The normalized spacial score (nSPS) is 18.9. The van der Waals surface area contributed by atoms with Crippen molar-refractivity contribution in [1.82, 2.24) is 9.62 Å². The number of amides is 1. The Balaban J connectivity index is 1.72. The molecule has 2 aromatic rings. The van der Waals surface area contributed by atoms with Gasteiger partial charge in [-0.1, -0.05) is 44.2 Å². The summed E-state index contributed by atoms with van der Waals surface area (Å²) in [7, 11) is -3.76. The van der Waals surface area contributed by atoms with Gasteiger partial charge in [0.1, 0.15) is 5.82 Å². The van der Waals surface area contributed by atoms with Crippen molar-refractivity contribution in [1.29, 1.82) is 0 Å². The minimum Gasteiger partial charge on any atom is -0.349 e. The van der Waals surface area contributed by atoms with Crippen molar-refractivity contribution in [2.75, 3.05) is 13.1 Å². The van der Waals surface area contributed by atoms with Gasteiger partial charge in [-0.05, 0) is 55.0 Å². The second-order valence-electron chi connectivity index (χ2n) is 8.26. The van der Waals surface area contributed by atoms with Gasteiger partial charge in [0.2, 0.25) is 15.9 Å². The maximum absolute atomic E-state index is 13.2. The summed E-state index contributed by atoms with van der Waals surface area (Å²) in [4.78, 5) is 13.1. The van der Waals surface area contributed by atoms with E-state index in [4.69, 9.17) is 0 Å². The second-order valence-corrected chi connectivity index (χ2v) is 10.2. The van der Waals surface area contributed by atoms with Gasteiger partial charge in [0.15, 0.2) is 0 Å². The zero-order valence-corrected chi connectivity index (χ0v) is 18.2. The summed E-state index contributed by atoms with van der Waals surface area (Å²) in [5.41, 5.74) is 1.05. The van der Waals surface area contributed by atoms with E-state index < -0.39 is 21.8 Å². The molecular weight excluding hydrogens is 403 g/mol. The summed E-state index contributed by atoms with van der Waals surface area (Å²) in [6.07, 6.45) is 2.06. The summed E-state index contributed by atoms with van der Waals surface area (Å²) in [6.45, 7) is 4.71. The monoisotopic (exact) mass is 432 g/mol. The van der Waals surface area contributed by atoms with Gasteiger partial charge in [-0.15, -0.1) is 0 Å². The summed E-state index contributed by atoms with van der Waals surface area (Å²) in [5, 5.41) is 3.14. The maximum Gasteiger partial charge on any atom is 0.243 e. The molecule has 5 nitrogen and oxygen atoms in total. The molecule has 1 heterocycles. The lowest BCUT2D eigenvalue weighted by atomic mass is 9.94. The summed E-state index contributed by atoms with van der Waals surface area (Å²) in [6, 6.07) is 14.5. The lowest BCUT2D eigenvalue weighted by Crippen LogP contribution is -2.46. The number of rotatable bonds is 7. The molecule has 30 heavy (non-hydrogen) atoms. The van der Waals surface area contributed by atoms with Crippen LogP contribution in [0.1, 0.15) is 44.7 Å². The van der Waals surface area contributed by atoms with Crippen LogP contribution in [0, 0.1) is 17.7 Å². The maximum atomic E-state index is 13.2. The highest BCUT2D eigenvalue weighted by Gasteiger charge is 2.34. The van der Waals surface area contributed by atoms with E-state index in [1.54, 1.807) is 0 Å². The minimum atomic E-state index is -3.76. The van der Waals surface area contributed by atoms with Gasteiger partial charge in [0.05, 0.1) is 16.9 Å². The van der Waals surface area contributed by atoms with Gasteiger partial charge in [-0.3, -0.25) is 4.79 Å². The third-order valence-corrected chi connectivity index (χ3v) is 7.31. The van der Waals surface area contributed by atoms with Crippen molar-refractivity contribution in [3.8, 4) is 0 Å². The minimum absolute atomic E-state index is 0.0481. The van der Waals surface area contributed by atoms with Gasteiger partial charge >= 0.3 is 0 Å². The van der Waals surface area contributed by atoms with Crippen LogP contribution >= 0.6 is 0 Å². The van der Waals surface area contributed by atoms with Gasteiger partial charge < -0.3 is 5.32 Å². The van der Waals surface area contributed by atoms with Crippen LogP contribution in [0.2, 0.25) is 0 Å². The molecule has 2 aromatic carbocycles. The molecule has 0 bridgehead atoms. The molecule has 0 aromatic heterocycles. The molecule has 1 aliphatic rings. The molecule has 0 unspecified atom stereocenters. The van der Waals surface area contributed by atoms with Crippen molar-refractivity contribution in [3.63, 3.8) is 0 Å². The van der Waals surface area contributed by atoms with Crippen molar-refractivity contribution in [2.45, 2.75) is 44.0 Å². The van der Waals surface area contributed by atoms with Crippen LogP contribution in [0.25, 0.3) is 0 Å². The van der Waals surface area contributed by atoms with Crippen LogP contribution in [0.4, 0.5) is 4.39 Å². The fourth-order valence-corrected chi connectivity index (χ4v) is 5.38. The van der Waals surface area contributed by atoms with E-state index in [0.717, 1.165) is 24.1 Å². The van der Waals surface area contributed by atoms with Crippen LogP contribution in [0.3, 0.4) is 0 Å². The highest BCUT2D eigenvalue weighted by atomic mass is 32.2. The molecule has 0 aliphatic carbocycles. The van der Waals surface area contributed by atoms with Crippen LogP contribution in [0.15, 0.2) is 59.5 Å². The lowest BCUT2D eigenvalue weighted by Gasteiger charge is -2.32. The van der Waals surface area contributed by atoms with Gasteiger partial charge in [-0.2, -0.15) is 4.31 Å². The van der Waals surface area contributed by atoms with Gasteiger partial charge in [0, 0.05) is 13.1 Å². The number of hydrogen-bond donors (Lipinski definition) is 1. The Labute approximate surface area is 178 Å². The highest BCUT2D eigenvalue weighted by Crippen LogP contribution is 2.26. The van der Waals surface area contributed by atoms with E-state index in [-0.39, 0.29) is 23.4 Å². The molecule has 0 radical (unpaired) electrons. The van der Waals surface area contributed by atoms with Crippen LogP contribution in [-0.2, 0) is 14.8 Å². The SMILES string of the molecule is CC(C)C[C@H](NC(=O)[C@@H]1CCCN(S(=O)(=O)c2ccc(F)cc2)C1)c1ccccc1. The quantitative estimate of drug-likeness (QED) is 0.715. The first-order valence-corrected chi connectivity index (χ1v) is 11.8. The summed E-state index contributed by atoms with van der Waals surface area (Å²) in [5.74, 6) is -0.616. The number of benzene rings is 2. The molecule has 3 rings (SSSR count). The van der Waals surface area contributed by atoms with Crippen molar-refractivity contribution < 1.29 is 17.6 Å². The first-order chi connectivity index (χ1) is 14.3. The van der Waals surface area contributed by atoms with Crippen LogP contribution < -0.4 is 5.32 Å². The Hall–Kier alpha value is -2.25. The second kappa shape index (κ2) is 9.71. The zero-order chi connectivity index (χ0) is 21.7. The molecule has 2 atom stereocenters. The molecule has 0 saturated carbocycles. The molecule has 0 spiro atoms. The molecule has 1 fully saturated rings. The number of hydrogen-bond acceptors (Lipinski definition) is 3.